The van der Waals surface area contributed by atoms with Gasteiger partial charge in [-0.05, 0) is 55.7 Å². The van der Waals surface area contributed by atoms with Gasteiger partial charge in [-0.25, -0.2) is 0 Å². The Bertz CT molecular complexity index is 1210. The third-order valence-electron chi connectivity index (χ3n) is 4.83. The second kappa shape index (κ2) is 6.29. The van der Waals surface area contributed by atoms with Crippen molar-refractivity contribution in [2.75, 3.05) is 0 Å². The molecule has 0 spiro atoms. The summed E-state index contributed by atoms with van der Waals surface area (Å²) < 4.78 is 0. The van der Waals surface area contributed by atoms with Crippen molar-refractivity contribution in [1.82, 2.24) is 9.97 Å². The molecule has 4 aromatic rings. The van der Waals surface area contributed by atoms with Crippen molar-refractivity contribution >= 4 is 34.4 Å². The molecule has 0 fully saturated rings. The lowest BCUT2D eigenvalue weighted by Crippen LogP contribution is -2.09. The standard InChI is InChI=1S/C22H20N2OS/c1-12-8-14(3)21-16(9-12)13(2)10-19(24-21)22(26)17-11-20(25)23-18-7-5-4-6-15(17)18/h4-11,22,26H,1-3H3,(H,23,25). The Morgan fingerprint density at radius 3 is 2.54 bits per heavy atom. The summed E-state index contributed by atoms with van der Waals surface area (Å²) >= 11 is 4.84. The highest BCUT2D eigenvalue weighted by molar-refractivity contribution is 7.80. The second-order valence-electron chi connectivity index (χ2n) is 6.88. The number of aromatic nitrogens is 2. The first-order valence-electron chi connectivity index (χ1n) is 8.62. The molecule has 4 rings (SSSR count). The predicted octanol–water partition coefficient (Wildman–Crippen LogP) is 5.02. The quantitative estimate of drug-likeness (QED) is 0.493. The van der Waals surface area contributed by atoms with Gasteiger partial charge in [-0.1, -0.05) is 29.8 Å². The number of nitrogens with one attached hydrogen (secondary N) is 1. The number of aromatic amines is 1. The molecule has 1 unspecified atom stereocenters. The van der Waals surface area contributed by atoms with Gasteiger partial charge < -0.3 is 4.98 Å². The van der Waals surface area contributed by atoms with Crippen LogP contribution < -0.4 is 5.56 Å². The Labute approximate surface area is 157 Å². The van der Waals surface area contributed by atoms with Crippen LogP contribution in [0.15, 0.2) is 53.3 Å². The SMILES string of the molecule is Cc1cc(C)c2nc(C(S)c3cc(=O)[nH]c4ccccc34)cc(C)c2c1. The topological polar surface area (TPSA) is 45.8 Å². The number of hydrogen-bond acceptors (Lipinski definition) is 3. The summed E-state index contributed by atoms with van der Waals surface area (Å²) in [5.41, 5.74) is 6.99. The molecular weight excluding hydrogens is 340 g/mol. The molecular formula is C22H20N2OS. The summed E-state index contributed by atoms with van der Waals surface area (Å²) in [4.78, 5) is 19.9. The van der Waals surface area contributed by atoms with Crippen LogP contribution in [-0.4, -0.2) is 9.97 Å². The lowest BCUT2D eigenvalue weighted by atomic mass is 9.99. The normalized spacial score (nSPS) is 12.6. The minimum absolute atomic E-state index is 0.123. The van der Waals surface area contributed by atoms with Gasteiger partial charge in [0, 0.05) is 22.4 Å². The van der Waals surface area contributed by atoms with E-state index in [-0.39, 0.29) is 10.8 Å². The van der Waals surface area contributed by atoms with Gasteiger partial charge in [0.2, 0.25) is 5.56 Å². The average molecular weight is 360 g/mol. The number of thiol groups is 1. The highest BCUT2D eigenvalue weighted by Gasteiger charge is 2.17. The number of fused-ring (bicyclic) bond motifs is 2. The van der Waals surface area contributed by atoms with Crippen LogP contribution in [0.25, 0.3) is 21.8 Å². The molecule has 1 atom stereocenters. The molecule has 0 aliphatic heterocycles. The van der Waals surface area contributed by atoms with E-state index in [1.54, 1.807) is 6.07 Å². The zero-order chi connectivity index (χ0) is 18.4. The molecule has 2 aromatic heterocycles. The van der Waals surface area contributed by atoms with Gasteiger partial charge in [0.05, 0.1) is 16.5 Å². The van der Waals surface area contributed by atoms with Gasteiger partial charge in [0.1, 0.15) is 0 Å². The highest BCUT2D eigenvalue weighted by Crippen LogP contribution is 2.33. The Balaban J connectivity index is 1.95. The summed E-state index contributed by atoms with van der Waals surface area (Å²) in [6.07, 6.45) is 0. The van der Waals surface area contributed by atoms with E-state index in [1.165, 1.54) is 16.5 Å². The fourth-order valence-electron chi connectivity index (χ4n) is 3.63. The molecule has 0 aliphatic rings. The predicted molar refractivity (Wildman–Crippen MR) is 111 cm³/mol. The van der Waals surface area contributed by atoms with Crippen LogP contribution in [0.3, 0.4) is 0 Å². The zero-order valence-electron chi connectivity index (χ0n) is 15.0. The number of aryl methyl sites for hydroxylation is 3. The lowest BCUT2D eigenvalue weighted by Gasteiger charge is -2.16. The van der Waals surface area contributed by atoms with E-state index in [4.69, 9.17) is 17.6 Å². The van der Waals surface area contributed by atoms with E-state index < -0.39 is 0 Å². The van der Waals surface area contributed by atoms with Gasteiger partial charge in [0.15, 0.2) is 0 Å². The van der Waals surface area contributed by atoms with Gasteiger partial charge in [-0.3, -0.25) is 9.78 Å². The van der Waals surface area contributed by atoms with Crippen molar-refractivity contribution in [3.05, 3.63) is 86.8 Å². The maximum atomic E-state index is 12.1. The van der Waals surface area contributed by atoms with Crippen LogP contribution >= 0.6 is 12.6 Å². The minimum Gasteiger partial charge on any atom is -0.322 e. The van der Waals surface area contributed by atoms with Crippen LogP contribution in [-0.2, 0) is 0 Å². The van der Waals surface area contributed by atoms with Gasteiger partial charge in [0.25, 0.3) is 0 Å². The first kappa shape index (κ1) is 16.9. The number of para-hydroxylation sites is 1. The maximum absolute atomic E-state index is 12.1. The van der Waals surface area contributed by atoms with Crippen molar-refractivity contribution in [3.63, 3.8) is 0 Å². The fraction of sp³-hybridized carbons (Fsp3) is 0.182. The number of H-pyrrole nitrogens is 1. The maximum Gasteiger partial charge on any atom is 0.248 e. The molecule has 0 saturated heterocycles. The van der Waals surface area contributed by atoms with Crippen molar-refractivity contribution < 1.29 is 0 Å². The summed E-state index contributed by atoms with van der Waals surface area (Å²) in [5, 5.41) is 1.89. The highest BCUT2D eigenvalue weighted by atomic mass is 32.1. The number of nitrogens with zero attached hydrogens (tertiary/aromatic N) is 1. The first-order chi connectivity index (χ1) is 12.4. The molecule has 26 heavy (non-hydrogen) atoms. The average Bonchev–Trinajstić information content (AvgIpc) is 2.61. The molecule has 0 aliphatic carbocycles. The summed E-state index contributed by atoms with van der Waals surface area (Å²) in [5.74, 6) is 0. The molecule has 4 heteroatoms. The van der Waals surface area contributed by atoms with E-state index in [2.05, 4.69) is 44.0 Å². The lowest BCUT2D eigenvalue weighted by molar-refractivity contribution is 1.07. The van der Waals surface area contributed by atoms with Crippen LogP contribution in [0.4, 0.5) is 0 Å². The third kappa shape index (κ3) is 2.80. The Morgan fingerprint density at radius 1 is 0.962 bits per heavy atom. The second-order valence-corrected chi connectivity index (χ2v) is 7.40. The summed E-state index contributed by atoms with van der Waals surface area (Å²) in [6, 6.07) is 15.8. The van der Waals surface area contributed by atoms with Crippen molar-refractivity contribution in [3.8, 4) is 0 Å². The number of hydrogen-bond donors (Lipinski definition) is 2. The molecule has 0 bridgehead atoms. The molecule has 1 N–H and O–H groups in total. The van der Waals surface area contributed by atoms with Gasteiger partial charge >= 0.3 is 0 Å². The van der Waals surface area contributed by atoms with Crippen molar-refractivity contribution in [2.45, 2.75) is 26.0 Å². The molecule has 0 radical (unpaired) electrons. The molecule has 2 aromatic carbocycles. The van der Waals surface area contributed by atoms with E-state index in [9.17, 15) is 4.79 Å². The minimum atomic E-state index is -0.272. The van der Waals surface area contributed by atoms with Gasteiger partial charge in [-0.15, -0.1) is 0 Å². The summed E-state index contributed by atoms with van der Waals surface area (Å²) in [7, 11) is 0. The molecule has 0 amide bonds. The molecule has 130 valence electrons. The zero-order valence-corrected chi connectivity index (χ0v) is 15.9. The fourth-order valence-corrected chi connectivity index (χ4v) is 3.97. The molecule has 3 nitrogen and oxygen atoms in total. The molecule has 0 saturated carbocycles. The van der Waals surface area contributed by atoms with Crippen molar-refractivity contribution in [2.24, 2.45) is 0 Å². The van der Waals surface area contributed by atoms with Crippen LogP contribution in [0, 0.1) is 20.8 Å². The van der Waals surface area contributed by atoms with E-state index in [0.717, 1.165) is 33.2 Å². The van der Waals surface area contributed by atoms with E-state index in [1.807, 2.05) is 24.3 Å². The number of rotatable bonds is 2. The summed E-state index contributed by atoms with van der Waals surface area (Å²) in [6.45, 7) is 6.29. The Hall–Kier alpha value is -2.59. The third-order valence-corrected chi connectivity index (χ3v) is 5.37. The van der Waals surface area contributed by atoms with Crippen LogP contribution in [0.2, 0.25) is 0 Å². The van der Waals surface area contributed by atoms with E-state index in [0.29, 0.717) is 0 Å². The number of pyridine rings is 2. The largest absolute Gasteiger partial charge is 0.322 e. The first-order valence-corrected chi connectivity index (χ1v) is 9.14. The van der Waals surface area contributed by atoms with Crippen molar-refractivity contribution in [1.29, 1.82) is 0 Å². The van der Waals surface area contributed by atoms with E-state index >= 15 is 0 Å². The monoisotopic (exact) mass is 360 g/mol. The smallest absolute Gasteiger partial charge is 0.248 e. The van der Waals surface area contributed by atoms with Crippen LogP contribution in [0.5, 0.6) is 0 Å². The Kier molecular flexibility index (Phi) is 4.08. The molecule has 2 heterocycles. The van der Waals surface area contributed by atoms with Gasteiger partial charge in [-0.2, -0.15) is 12.6 Å². The van der Waals surface area contributed by atoms with Crippen LogP contribution in [0.1, 0.15) is 33.2 Å². The number of benzene rings is 2. The Morgan fingerprint density at radius 2 is 1.73 bits per heavy atom.